The van der Waals surface area contributed by atoms with Crippen LogP contribution in [0.25, 0.3) is 0 Å². The van der Waals surface area contributed by atoms with Gasteiger partial charge in [-0.2, -0.15) is 0 Å². The molecular weight excluding hydrogens is 226 g/mol. The van der Waals surface area contributed by atoms with Crippen LogP contribution in [0.3, 0.4) is 0 Å². The first-order valence-electron chi connectivity index (χ1n) is 5.40. The van der Waals surface area contributed by atoms with Crippen molar-refractivity contribution in [3.05, 3.63) is 11.8 Å². The Hall–Kier alpha value is -1.56. The van der Waals surface area contributed by atoms with Gasteiger partial charge in [0.05, 0.1) is 14.2 Å². The van der Waals surface area contributed by atoms with Gasteiger partial charge in [-0.1, -0.05) is 0 Å². The van der Waals surface area contributed by atoms with Crippen LogP contribution in [0.2, 0.25) is 0 Å². The van der Waals surface area contributed by atoms with E-state index in [1.165, 1.54) is 14.2 Å². The molecule has 0 unspecified atom stereocenters. The molecule has 1 rings (SSSR count). The summed E-state index contributed by atoms with van der Waals surface area (Å²) in [5.74, 6) is -0.378. The molecule has 1 aliphatic heterocycles. The van der Waals surface area contributed by atoms with E-state index in [0.29, 0.717) is 13.2 Å². The Kier molecular flexibility index (Phi) is 5.48. The minimum atomic E-state index is -0.686. The number of esters is 1. The van der Waals surface area contributed by atoms with E-state index in [2.05, 4.69) is 14.8 Å². The molecule has 1 amide bonds. The largest absolute Gasteiger partial charge is 0.464 e. The maximum atomic E-state index is 11.4. The summed E-state index contributed by atoms with van der Waals surface area (Å²) in [5, 5.41) is 2.35. The quantitative estimate of drug-likeness (QED) is 0.587. The molecular formula is C11H17NO5. The summed E-state index contributed by atoms with van der Waals surface area (Å²) >= 11 is 0. The van der Waals surface area contributed by atoms with Gasteiger partial charge in [-0.05, 0) is 24.8 Å². The number of amides is 1. The first kappa shape index (κ1) is 13.5. The number of alkyl carbamates (subject to hydrolysis) is 1. The number of allylic oxidation sites excluding steroid dienone is 1. The monoisotopic (exact) mass is 243 g/mol. The first-order valence-corrected chi connectivity index (χ1v) is 5.40. The second-order valence-corrected chi connectivity index (χ2v) is 3.64. The lowest BCUT2D eigenvalue weighted by atomic mass is 9.99. The van der Waals surface area contributed by atoms with Crippen molar-refractivity contribution in [2.24, 2.45) is 5.92 Å². The molecule has 0 aromatic carbocycles. The zero-order valence-corrected chi connectivity index (χ0v) is 10.0. The van der Waals surface area contributed by atoms with Crippen molar-refractivity contribution in [1.29, 1.82) is 0 Å². The number of methoxy groups -OCH3 is 2. The fourth-order valence-corrected chi connectivity index (χ4v) is 1.55. The molecule has 0 atom stereocenters. The van der Waals surface area contributed by atoms with E-state index in [0.717, 1.165) is 12.8 Å². The smallest absolute Gasteiger partial charge is 0.411 e. The Balaban J connectivity index is 2.69. The summed E-state index contributed by atoms with van der Waals surface area (Å²) in [4.78, 5) is 22.5. The minimum Gasteiger partial charge on any atom is -0.464 e. The molecule has 1 N–H and O–H groups in total. The molecule has 6 nitrogen and oxygen atoms in total. The van der Waals surface area contributed by atoms with Gasteiger partial charge in [0.25, 0.3) is 0 Å². The zero-order valence-electron chi connectivity index (χ0n) is 10.0. The van der Waals surface area contributed by atoms with Crippen LogP contribution in [0.5, 0.6) is 0 Å². The van der Waals surface area contributed by atoms with E-state index in [-0.39, 0.29) is 11.6 Å². The van der Waals surface area contributed by atoms with Crippen LogP contribution >= 0.6 is 0 Å². The van der Waals surface area contributed by atoms with Gasteiger partial charge in [-0.3, -0.25) is 5.32 Å². The summed E-state index contributed by atoms with van der Waals surface area (Å²) in [6.07, 6.45) is 2.66. The molecule has 17 heavy (non-hydrogen) atoms. The molecule has 1 heterocycles. The Bertz CT molecular complexity index is 307. The summed E-state index contributed by atoms with van der Waals surface area (Å²) in [6, 6.07) is 0. The maximum Gasteiger partial charge on any atom is 0.411 e. The fourth-order valence-electron chi connectivity index (χ4n) is 1.55. The van der Waals surface area contributed by atoms with Gasteiger partial charge >= 0.3 is 12.1 Å². The van der Waals surface area contributed by atoms with Crippen LogP contribution in [-0.4, -0.2) is 39.5 Å². The lowest BCUT2D eigenvalue weighted by Gasteiger charge is -2.19. The number of ether oxygens (including phenoxy) is 3. The van der Waals surface area contributed by atoms with Crippen molar-refractivity contribution < 1.29 is 23.8 Å². The van der Waals surface area contributed by atoms with Gasteiger partial charge in [0.15, 0.2) is 0 Å². The fraction of sp³-hybridized carbons (Fsp3) is 0.636. The third kappa shape index (κ3) is 4.44. The molecule has 0 aromatic heterocycles. The summed E-state index contributed by atoms with van der Waals surface area (Å²) in [5.41, 5.74) is 0.117. The molecule has 96 valence electrons. The third-order valence-electron chi connectivity index (χ3n) is 2.50. The average molecular weight is 243 g/mol. The van der Waals surface area contributed by atoms with Gasteiger partial charge in [-0.15, -0.1) is 0 Å². The Morgan fingerprint density at radius 2 is 1.88 bits per heavy atom. The molecule has 1 saturated heterocycles. The molecule has 6 heteroatoms. The molecule has 0 bridgehead atoms. The van der Waals surface area contributed by atoms with Crippen molar-refractivity contribution in [2.45, 2.75) is 12.8 Å². The van der Waals surface area contributed by atoms with Crippen molar-refractivity contribution >= 4 is 12.1 Å². The Labute approximate surface area is 99.9 Å². The average Bonchev–Trinajstić information content (AvgIpc) is 2.38. The highest BCUT2D eigenvalue weighted by Crippen LogP contribution is 2.17. The molecule has 1 aliphatic rings. The highest BCUT2D eigenvalue weighted by Gasteiger charge is 2.18. The standard InChI is InChI=1S/C11H17NO5/c1-15-10(13)9(12-11(14)16-2)7-8-3-5-17-6-4-8/h7-8H,3-6H2,1-2H3,(H,12,14)/b9-7+. The zero-order chi connectivity index (χ0) is 12.7. The van der Waals surface area contributed by atoms with Gasteiger partial charge in [0.1, 0.15) is 5.70 Å². The van der Waals surface area contributed by atoms with Crippen molar-refractivity contribution in [2.75, 3.05) is 27.4 Å². The van der Waals surface area contributed by atoms with E-state index < -0.39 is 12.1 Å². The second-order valence-electron chi connectivity index (χ2n) is 3.64. The third-order valence-corrected chi connectivity index (χ3v) is 2.50. The van der Waals surface area contributed by atoms with E-state index in [1.54, 1.807) is 6.08 Å². The predicted molar refractivity (Wildman–Crippen MR) is 59.2 cm³/mol. The predicted octanol–water partition coefficient (Wildman–Crippen LogP) is 0.826. The molecule has 0 radical (unpaired) electrons. The molecule has 0 saturated carbocycles. The molecule has 1 fully saturated rings. The molecule has 0 spiro atoms. The minimum absolute atomic E-state index is 0.117. The number of hydrogen-bond acceptors (Lipinski definition) is 5. The van der Waals surface area contributed by atoms with Crippen molar-refractivity contribution in [3.63, 3.8) is 0 Å². The summed E-state index contributed by atoms with van der Waals surface area (Å²) in [6.45, 7) is 1.32. The lowest BCUT2D eigenvalue weighted by Crippen LogP contribution is -2.29. The van der Waals surface area contributed by atoms with E-state index >= 15 is 0 Å². The number of hydrogen-bond donors (Lipinski definition) is 1. The van der Waals surface area contributed by atoms with Gasteiger partial charge < -0.3 is 14.2 Å². The number of carbonyl (C=O) groups excluding carboxylic acids is 2. The van der Waals surface area contributed by atoms with Crippen LogP contribution in [0.1, 0.15) is 12.8 Å². The van der Waals surface area contributed by atoms with Gasteiger partial charge in [0.2, 0.25) is 0 Å². The number of rotatable bonds is 3. The van der Waals surface area contributed by atoms with Gasteiger partial charge in [0, 0.05) is 13.2 Å². The van der Waals surface area contributed by atoms with Gasteiger partial charge in [-0.25, -0.2) is 9.59 Å². The highest BCUT2D eigenvalue weighted by molar-refractivity contribution is 5.92. The Morgan fingerprint density at radius 1 is 1.24 bits per heavy atom. The van der Waals surface area contributed by atoms with Crippen LogP contribution in [0.15, 0.2) is 11.8 Å². The van der Waals surface area contributed by atoms with E-state index in [4.69, 9.17) is 4.74 Å². The number of nitrogens with one attached hydrogen (secondary N) is 1. The SMILES string of the molecule is COC(=O)N/C(=C/C1CCOCC1)C(=O)OC. The number of carbonyl (C=O) groups is 2. The highest BCUT2D eigenvalue weighted by atomic mass is 16.5. The van der Waals surface area contributed by atoms with Crippen LogP contribution in [0.4, 0.5) is 4.79 Å². The topological polar surface area (TPSA) is 73.9 Å². The van der Waals surface area contributed by atoms with Crippen molar-refractivity contribution in [1.82, 2.24) is 5.32 Å². The second kappa shape index (κ2) is 6.90. The summed E-state index contributed by atoms with van der Waals surface area (Å²) < 4.78 is 14.2. The maximum absolute atomic E-state index is 11.4. The van der Waals surface area contributed by atoms with Crippen LogP contribution in [0, 0.1) is 5.92 Å². The summed E-state index contributed by atoms with van der Waals surface area (Å²) in [7, 11) is 2.50. The van der Waals surface area contributed by atoms with Crippen LogP contribution < -0.4 is 5.32 Å². The van der Waals surface area contributed by atoms with Crippen LogP contribution in [-0.2, 0) is 19.0 Å². The van der Waals surface area contributed by atoms with E-state index in [1.807, 2.05) is 0 Å². The first-order chi connectivity index (χ1) is 8.17. The van der Waals surface area contributed by atoms with E-state index in [9.17, 15) is 9.59 Å². The normalized spacial score (nSPS) is 17.4. The Morgan fingerprint density at radius 3 is 2.41 bits per heavy atom. The molecule has 0 aromatic rings. The lowest BCUT2D eigenvalue weighted by molar-refractivity contribution is -0.136. The van der Waals surface area contributed by atoms with Crippen molar-refractivity contribution in [3.8, 4) is 0 Å². The molecule has 0 aliphatic carbocycles.